The molecule has 2 aromatic heterocycles. The summed E-state index contributed by atoms with van der Waals surface area (Å²) >= 11 is 0. The minimum absolute atomic E-state index is 0.0534. The number of nitrogens with zero attached hydrogens (tertiary/aromatic N) is 3. The van der Waals surface area contributed by atoms with E-state index in [4.69, 9.17) is 10.1 Å². The molecule has 2 heterocycles. The summed E-state index contributed by atoms with van der Waals surface area (Å²) in [6.45, 7) is 6.17. The van der Waals surface area contributed by atoms with Gasteiger partial charge in [0, 0.05) is 17.3 Å². The van der Waals surface area contributed by atoms with Crippen LogP contribution in [-0.4, -0.2) is 40.2 Å². The molecule has 1 aliphatic carbocycles. The lowest BCUT2D eigenvalue weighted by Crippen LogP contribution is -2.16. The van der Waals surface area contributed by atoms with Gasteiger partial charge in [-0.25, -0.2) is 9.98 Å². The third-order valence-corrected chi connectivity index (χ3v) is 5.34. The standard InChI is InChI=1S/C22H25N5O/c1-14(7-10-20(23-2)24-11-12-28)22-16-6-4-3-5-15(16)21-17-13-25-27-18(17)8-9-19(21)26-22/h7-10,13,24,28H,2-6,11-12H2,1H3,(H,25,27)/b14-7+,20-10+. The Labute approximate surface area is 164 Å². The summed E-state index contributed by atoms with van der Waals surface area (Å²) in [4.78, 5) is 9.01. The van der Waals surface area contributed by atoms with E-state index in [1.54, 1.807) is 0 Å². The molecule has 1 aliphatic rings. The van der Waals surface area contributed by atoms with Crippen LogP contribution in [0.15, 0.2) is 41.3 Å². The van der Waals surface area contributed by atoms with Crippen molar-refractivity contribution in [3.63, 3.8) is 0 Å². The Bertz CT molecular complexity index is 1090. The van der Waals surface area contributed by atoms with E-state index in [0.29, 0.717) is 12.4 Å². The van der Waals surface area contributed by atoms with Crippen LogP contribution in [0.1, 0.15) is 36.6 Å². The molecule has 0 amide bonds. The first-order chi connectivity index (χ1) is 13.7. The van der Waals surface area contributed by atoms with Gasteiger partial charge < -0.3 is 10.4 Å². The summed E-state index contributed by atoms with van der Waals surface area (Å²) < 4.78 is 0. The number of aryl methyl sites for hydroxylation is 1. The molecule has 3 N–H and O–H groups in total. The predicted octanol–water partition coefficient (Wildman–Crippen LogP) is 3.52. The van der Waals surface area contributed by atoms with Gasteiger partial charge in [0.05, 0.1) is 29.5 Å². The van der Waals surface area contributed by atoms with Crippen LogP contribution in [0.3, 0.4) is 0 Å². The van der Waals surface area contributed by atoms with E-state index in [0.717, 1.165) is 40.5 Å². The van der Waals surface area contributed by atoms with Crippen molar-refractivity contribution < 1.29 is 5.11 Å². The van der Waals surface area contributed by atoms with Crippen molar-refractivity contribution in [1.82, 2.24) is 20.5 Å². The van der Waals surface area contributed by atoms with E-state index in [1.165, 1.54) is 29.4 Å². The Kier molecular flexibility index (Phi) is 5.21. The highest BCUT2D eigenvalue weighted by molar-refractivity contribution is 6.07. The van der Waals surface area contributed by atoms with Crippen molar-refractivity contribution in [3.8, 4) is 0 Å². The number of rotatable bonds is 6. The zero-order chi connectivity index (χ0) is 19.5. The number of fused-ring (bicyclic) bond motifs is 5. The largest absolute Gasteiger partial charge is 0.395 e. The van der Waals surface area contributed by atoms with Crippen molar-refractivity contribution in [2.45, 2.75) is 32.6 Å². The summed E-state index contributed by atoms with van der Waals surface area (Å²) in [5.41, 5.74) is 7.00. The van der Waals surface area contributed by atoms with Gasteiger partial charge in [0.25, 0.3) is 0 Å². The zero-order valence-corrected chi connectivity index (χ0v) is 16.1. The van der Waals surface area contributed by atoms with Gasteiger partial charge in [-0.15, -0.1) is 0 Å². The van der Waals surface area contributed by atoms with Gasteiger partial charge in [-0.2, -0.15) is 5.10 Å². The third-order valence-electron chi connectivity index (χ3n) is 5.34. The van der Waals surface area contributed by atoms with Crippen molar-refractivity contribution >= 4 is 34.1 Å². The lowest BCUT2D eigenvalue weighted by atomic mass is 9.85. The molecule has 28 heavy (non-hydrogen) atoms. The fourth-order valence-corrected chi connectivity index (χ4v) is 4.01. The molecule has 3 aromatic rings. The maximum atomic E-state index is 8.97. The first-order valence-electron chi connectivity index (χ1n) is 9.71. The molecule has 0 spiro atoms. The van der Waals surface area contributed by atoms with Gasteiger partial charge in [-0.1, -0.05) is 6.08 Å². The molecule has 0 saturated carbocycles. The topological polar surface area (TPSA) is 86.2 Å². The summed E-state index contributed by atoms with van der Waals surface area (Å²) in [6.07, 6.45) is 10.3. The second-order valence-corrected chi connectivity index (χ2v) is 7.13. The number of aromatic nitrogens is 3. The maximum absolute atomic E-state index is 8.97. The van der Waals surface area contributed by atoms with Crippen LogP contribution in [0.25, 0.3) is 27.4 Å². The van der Waals surface area contributed by atoms with E-state index in [9.17, 15) is 0 Å². The number of aliphatic hydroxyl groups excluding tert-OH is 1. The van der Waals surface area contributed by atoms with Crippen LogP contribution in [-0.2, 0) is 12.8 Å². The Morgan fingerprint density at radius 3 is 2.89 bits per heavy atom. The number of aliphatic imine (C=N–C) groups is 1. The van der Waals surface area contributed by atoms with Crippen LogP contribution < -0.4 is 5.32 Å². The average molecular weight is 375 g/mol. The molecule has 6 heteroatoms. The molecule has 0 fully saturated rings. The van der Waals surface area contributed by atoms with Crippen molar-refractivity contribution in [2.75, 3.05) is 13.2 Å². The number of hydrogen-bond acceptors (Lipinski definition) is 5. The SMILES string of the molecule is C=N/C(=C\C=C(/C)c1nc2ccc3[nH]ncc3c2c2c1CCCC2)NCCO. The van der Waals surface area contributed by atoms with Crippen LogP contribution in [0.5, 0.6) is 0 Å². The third kappa shape index (κ3) is 3.31. The molecule has 0 atom stereocenters. The van der Waals surface area contributed by atoms with E-state index in [1.807, 2.05) is 24.4 Å². The summed E-state index contributed by atoms with van der Waals surface area (Å²) in [5, 5.41) is 21.7. The van der Waals surface area contributed by atoms with Crippen LogP contribution in [0, 0.1) is 0 Å². The molecule has 6 nitrogen and oxygen atoms in total. The van der Waals surface area contributed by atoms with Crippen molar-refractivity contribution in [3.05, 3.63) is 53.1 Å². The number of aliphatic hydroxyl groups is 1. The highest BCUT2D eigenvalue weighted by Gasteiger charge is 2.20. The Hall–Kier alpha value is -2.99. The smallest absolute Gasteiger partial charge is 0.125 e. The van der Waals surface area contributed by atoms with Crippen molar-refractivity contribution in [2.24, 2.45) is 4.99 Å². The minimum Gasteiger partial charge on any atom is -0.395 e. The van der Waals surface area contributed by atoms with Crippen LogP contribution in [0.4, 0.5) is 0 Å². The molecule has 0 aliphatic heterocycles. The number of H-pyrrole nitrogens is 1. The first-order valence-corrected chi connectivity index (χ1v) is 9.71. The Balaban J connectivity index is 1.85. The number of nitrogens with one attached hydrogen (secondary N) is 2. The fourth-order valence-electron chi connectivity index (χ4n) is 4.01. The van der Waals surface area contributed by atoms with E-state index in [2.05, 4.69) is 40.2 Å². The predicted molar refractivity (Wildman–Crippen MR) is 114 cm³/mol. The Morgan fingerprint density at radius 1 is 1.29 bits per heavy atom. The average Bonchev–Trinajstić information content (AvgIpc) is 3.21. The van der Waals surface area contributed by atoms with E-state index >= 15 is 0 Å². The quantitative estimate of drug-likeness (QED) is 0.454. The first kappa shape index (κ1) is 18.4. The molecule has 144 valence electrons. The van der Waals surface area contributed by atoms with E-state index < -0.39 is 0 Å². The molecular formula is C22H25N5O. The molecule has 0 bridgehead atoms. The zero-order valence-electron chi connectivity index (χ0n) is 16.1. The van der Waals surface area contributed by atoms with Crippen LogP contribution >= 0.6 is 0 Å². The van der Waals surface area contributed by atoms with Gasteiger partial charge in [0.1, 0.15) is 5.82 Å². The number of benzene rings is 1. The van der Waals surface area contributed by atoms with E-state index in [-0.39, 0.29) is 6.61 Å². The number of hydrogen-bond donors (Lipinski definition) is 3. The highest BCUT2D eigenvalue weighted by atomic mass is 16.3. The maximum Gasteiger partial charge on any atom is 0.125 e. The normalized spacial score (nSPS) is 15.1. The van der Waals surface area contributed by atoms with Gasteiger partial charge in [0.15, 0.2) is 0 Å². The second kappa shape index (κ2) is 7.94. The van der Waals surface area contributed by atoms with Gasteiger partial charge in [-0.05, 0) is 74.2 Å². The molecule has 0 radical (unpaired) electrons. The number of pyridine rings is 1. The number of allylic oxidation sites excluding steroid dienone is 3. The van der Waals surface area contributed by atoms with Gasteiger partial charge in [0.2, 0.25) is 0 Å². The molecular weight excluding hydrogens is 350 g/mol. The van der Waals surface area contributed by atoms with Crippen molar-refractivity contribution in [1.29, 1.82) is 0 Å². The molecule has 4 rings (SSSR count). The van der Waals surface area contributed by atoms with Gasteiger partial charge in [-0.3, -0.25) is 5.10 Å². The molecule has 1 aromatic carbocycles. The summed E-state index contributed by atoms with van der Waals surface area (Å²) in [5.74, 6) is 0.642. The second-order valence-electron chi connectivity index (χ2n) is 7.13. The van der Waals surface area contributed by atoms with Gasteiger partial charge >= 0.3 is 0 Å². The molecule has 0 unspecified atom stereocenters. The Morgan fingerprint density at radius 2 is 2.11 bits per heavy atom. The summed E-state index contributed by atoms with van der Waals surface area (Å²) in [7, 11) is 0. The monoisotopic (exact) mass is 375 g/mol. The minimum atomic E-state index is 0.0534. The lowest BCUT2D eigenvalue weighted by molar-refractivity contribution is 0.297. The number of aromatic amines is 1. The van der Waals surface area contributed by atoms with Crippen LogP contribution in [0.2, 0.25) is 0 Å². The molecule has 0 saturated heterocycles. The lowest BCUT2D eigenvalue weighted by Gasteiger charge is -2.22. The fraction of sp³-hybridized carbons (Fsp3) is 0.318. The highest BCUT2D eigenvalue weighted by Crippen LogP contribution is 2.36. The summed E-state index contributed by atoms with van der Waals surface area (Å²) in [6, 6.07) is 4.13.